The lowest BCUT2D eigenvalue weighted by Gasteiger charge is -2.17. The summed E-state index contributed by atoms with van der Waals surface area (Å²) in [5, 5.41) is 20.4. The van der Waals surface area contributed by atoms with Gasteiger partial charge in [0.25, 0.3) is 5.56 Å². The maximum Gasteiger partial charge on any atom is 0.280 e. The van der Waals surface area contributed by atoms with Crippen LogP contribution in [0.25, 0.3) is 11.2 Å². The first kappa shape index (κ1) is 15.9. The Labute approximate surface area is 130 Å². The zero-order chi connectivity index (χ0) is 16.7. The Morgan fingerprint density at radius 2 is 2.22 bits per heavy atom. The van der Waals surface area contributed by atoms with Gasteiger partial charge in [0.2, 0.25) is 5.95 Å². The zero-order valence-corrected chi connectivity index (χ0v) is 12.7. The molecule has 3 heterocycles. The molecular weight excluding hydrogens is 306 g/mol. The van der Waals surface area contributed by atoms with E-state index in [-0.39, 0.29) is 29.8 Å². The van der Waals surface area contributed by atoms with Crippen molar-refractivity contribution in [2.24, 2.45) is 0 Å². The van der Waals surface area contributed by atoms with Gasteiger partial charge in [-0.15, -0.1) is 0 Å². The van der Waals surface area contributed by atoms with Gasteiger partial charge < -0.3 is 25.4 Å². The van der Waals surface area contributed by atoms with E-state index in [1.165, 1.54) is 10.9 Å². The molecule has 5 N–H and O–H groups in total. The van der Waals surface area contributed by atoms with Crippen molar-refractivity contribution in [1.29, 1.82) is 0 Å². The summed E-state index contributed by atoms with van der Waals surface area (Å²) >= 11 is 0. The summed E-state index contributed by atoms with van der Waals surface area (Å²) in [5.41, 5.74) is 5.30. The molecule has 1 fully saturated rings. The van der Waals surface area contributed by atoms with Crippen molar-refractivity contribution in [3.8, 4) is 0 Å². The van der Waals surface area contributed by atoms with Crippen molar-refractivity contribution in [3.63, 3.8) is 0 Å². The van der Waals surface area contributed by atoms with E-state index >= 15 is 0 Å². The number of H-pyrrole nitrogens is 1. The number of fused-ring (bicyclic) bond motifs is 1. The quantitative estimate of drug-likeness (QED) is 0.544. The van der Waals surface area contributed by atoms with Gasteiger partial charge in [0.1, 0.15) is 18.3 Å². The molecular formula is C13H19N5O5. The van der Waals surface area contributed by atoms with Crippen molar-refractivity contribution < 1.29 is 19.7 Å². The highest BCUT2D eigenvalue weighted by Gasteiger charge is 2.44. The molecule has 1 aliphatic heterocycles. The molecule has 1 saturated heterocycles. The molecule has 0 radical (unpaired) electrons. The molecule has 2 aromatic heterocycles. The maximum atomic E-state index is 11.8. The van der Waals surface area contributed by atoms with Crippen molar-refractivity contribution in [3.05, 3.63) is 16.7 Å². The standard InChI is InChI=1S/C13H19N5O5/c1-5(2)22-3-6-8(19)9(20)12(23-6)18-4-15-7-10(18)16-13(14)17-11(7)21/h4-6,8-9,12,19-20H,3H2,1-2H3,(H3,14,16,17,21)/t6-,8-,9-,12-/m1/s1. The van der Waals surface area contributed by atoms with Crippen LogP contribution in [0.2, 0.25) is 0 Å². The molecule has 0 amide bonds. The summed E-state index contributed by atoms with van der Waals surface area (Å²) in [4.78, 5) is 22.1. The van der Waals surface area contributed by atoms with Crippen LogP contribution in [0.3, 0.4) is 0 Å². The molecule has 126 valence electrons. The number of ether oxygens (including phenoxy) is 2. The molecule has 10 nitrogen and oxygen atoms in total. The Bertz CT molecular complexity index is 757. The van der Waals surface area contributed by atoms with E-state index in [2.05, 4.69) is 15.0 Å². The maximum absolute atomic E-state index is 11.8. The molecule has 23 heavy (non-hydrogen) atoms. The highest BCUT2D eigenvalue weighted by Crippen LogP contribution is 2.31. The summed E-state index contributed by atoms with van der Waals surface area (Å²) in [6.07, 6.45) is -2.70. The molecule has 0 unspecified atom stereocenters. The fourth-order valence-corrected chi connectivity index (χ4v) is 2.51. The minimum atomic E-state index is -1.21. The highest BCUT2D eigenvalue weighted by molar-refractivity contribution is 5.70. The molecule has 3 rings (SSSR count). The Balaban J connectivity index is 1.91. The Kier molecular flexibility index (Phi) is 4.06. The van der Waals surface area contributed by atoms with Gasteiger partial charge in [0.05, 0.1) is 19.0 Å². The van der Waals surface area contributed by atoms with E-state index in [0.29, 0.717) is 0 Å². The monoisotopic (exact) mass is 325 g/mol. The number of hydrogen-bond acceptors (Lipinski definition) is 8. The van der Waals surface area contributed by atoms with Crippen molar-refractivity contribution in [2.45, 2.75) is 44.5 Å². The molecule has 0 spiro atoms. The summed E-state index contributed by atoms with van der Waals surface area (Å²) in [6, 6.07) is 0. The largest absolute Gasteiger partial charge is 0.387 e. The van der Waals surface area contributed by atoms with Gasteiger partial charge in [0.15, 0.2) is 17.4 Å². The first-order valence-electron chi connectivity index (χ1n) is 7.24. The molecule has 4 atom stereocenters. The molecule has 0 bridgehead atoms. The van der Waals surface area contributed by atoms with Gasteiger partial charge in [-0.1, -0.05) is 0 Å². The van der Waals surface area contributed by atoms with Gasteiger partial charge in [0, 0.05) is 0 Å². The van der Waals surface area contributed by atoms with Crippen LogP contribution in [0.15, 0.2) is 11.1 Å². The Morgan fingerprint density at radius 3 is 2.91 bits per heavy atom. The van der Waals surface area contributed by atoms with E-state index < -0.39 is 30.1 Å². The number of aromatic amines is 1. The lowest BCUT2D eigenvalue weighted by Crippen LogP contribution is -2.34. The number of rotatable bonds is 4. The number of aromatic nitrogens is 4. The van der Waals surface area contributed by atoms with Crippen molar-refractivity contribution in [2.75, 3.05) is 12.3 Å². The van der Waals surface area contributed by atoms with Gasteiger partial charge in [-0.05, 0) is 13.8 Å². The van der Waals surface area contributed by atoms with Crippen LogP contribution >= 0.6 is 0 Å². The molecule has 0 aliphatic carbocycles. The fraction of sp³-hybridized carbons (Fsp3) is 0.615. The summed E-state index contributed by atoms with van der Waals surface area (Å²) in [7, 11) is 0. The van der Waals surface area contributed by atoms with Gasteiger partial charge in [-0.2, -0.15) is 4.98 Å². The molecule has 10 heteroatoms. The minimum Gasteiger partial charge on any atom is -0.387 e. The van der Waals surface area contributed by atoms with Gasteiger partial charge in [-0.25, -0.2) is 4.98 Å². The average molecular weight is 325 g/mol. The predicted octanol–water partition coefficient (Wildman–Crippen LogP) is -1.25. The second-order valence-corrected chi connectivity index (χ2v) is 5.70. The number of nitrogens with one attached hydrogen (secondary N) is 1. The summed E-state index contributed by atoms with van der Waals surface area (Å²) in [5.74, 6) is -0.0722. The zero-order valence-electron chi connectivity index (χ0n) is 12.7. The van der Waals surface area contributed by atoms with Crippen LogP contribution in [0.1, 0.15) is 20.1 Å². The van der Waals surface area contributed by atoms with Crippen molar-refractivity contribution in [1.82, 2.24) is 19.5 Å². The number of aliphatic hydroxyl groups excluding tert-OH is 2. The lowest BCUT2D eigenvalue weighted by atomic mass is 10.1. The fourth-order valence-electron chi connectivity index (χ4n) is 2.51. The van der Waals surface area contributed by atoms with Crippen LogP contribution in [0, 0.1) is 0 Å². The first-order valence-corrected chi connectivity index (χ1v) is 7.24. The highest BCUT2D eigenvalue weighted by atomic mass is 16.6. The van der Waals surface area contributed by atoms with Gasteiger partial charge in [-0.3, -0.25) is 14.3 Å². The number of imidazole rings is 1. The molecule has 0 aromatic carbocycles. The number of nitrogens with zero attached hydrogens (tertiary/aromatic N) is 3. The third kappa shape index (κ3) is 2.81. The summed E-state index contributed by atoms with van der Waals surface area (Å²) in [6.45, 7) is 3.85. The molecule has 1 aliphatic rings. The lowest BCUT2D eigenvalue weighted by molar-refractivity contribution is -0.0754. The second kappa shape index (κ2) is 5.89. The van der Waals surface area contributed by atoms with Crippen LogP contribution in [0.4, 0.5) is 5.95 Å². The third-order valence-corrected chi connectivity index (χ3v) is 3.66. The van der Waals surface area contributed by atoms with Crippen molar-refractivity contribution >= 4 is 17.1 Å². The predicted molar refractivity (Wildman–Crippen MR) is 79.6 cm³/mol. The van der Waals surface area contributed by atoms with E-state index in [1.807, 2.05) is 13.8 Å². The molecule has 2 aromatic rings. The Morgan fingerprint density at radius 1 is 1.48 bits per heavy atom. The topological polar surface area (TPSA) is 149 Å². The van der Waals surface area contributed by atoms with E-state index in [4.69, 9.17) is 15.2 Å². The molecule has 0 saturated carbocycles. The number of nitrogens with two attached hydrogens (primary N) is 1. The van der Waals surface area contributed by atoms with Crippen LogP contribution in [0.5, 0.6) is 0 Å². The van der Waals surface area contributed by atoms with E-state index in [0.717, 1.165) is 0 Å². The number of anilines is 1. The second-order valence-electron chi connectivity index (χ2n) is 5.70. The number of nitrogen functional groups attached to an aromatic ring is 1. The van der Waals surface area contributed by atoms with Gasteiger partial charge >= 0.3 is 0 Å². The minimum absolute atomic E-state index is 0.0314. The first-order chi connectivity index (χ1) is 10.9. The normalized spacial score (nSPS) is 28.0. The third-order valence-electron chi connectivity index (χ3n) is 3.66. The van der Waals surface area contributed by atoms with E-state index in [1.54, 1.807) is 0 Å². The average Bonchev–Trinajstić information content (AvgIpc) is 3.00. The van der Waals surface area contributed by atoms with E-state index in [9.17, 15) is 15.0 Å². The van der Waals surface area contributed by atoms with Crippen LogP contribution in [-0.4, -0.2) is 60.8 Å². The SMILES string of the molecule is CC(C)OC[C@H]1O[C@@H](n2cnc3c(=O)[nH]c(N)nc32)[C@H](O)[C@@H]1O. The smallest absolute Gasteiger partial charge is 0.280 e. The Hall–Kier alpha value is -2.01. The van der Waals surface area contributed by atoms with Crippen LogP contribution in [-0.2, 0) is 9.47 Å². The number of hydrogen-bond donors (Lipinski definition) is 4. The summed E-state index contributed by atoms with van der Waals surface area (Å²) < 4.78 is 12.5. The number of aliphatic hydroxyl groups is 2. The van der Waals surface area contributed by atoms with Crippen LogP contribution < -0.4 is 11.3 Å².